The highest BCUT2D eigenvalue weighted by atomic mass is 16.6. The van der Waals surface area contributed by atoms with Gasteiger partial charge in [-0.25, -0.2) is 4.79 Å². The van der Waals surface area contributed by atoms with E-state index in [2.05, 4.69) is 0 Å². The minimum atomic E-state index is -0.730. The van der Waals surface area contributed by atoms with Crippen LogP contribution in [-0.2, 0) is 4.74 Å². The molecule has 2 unspecified atom stereocenters. The van der Waals surface area contributed by atoms with Crippen molar-refractivity contribution in [1.82, 2.24) is 4.90 Å². The fraction of sp³-hybridized carbons (Fsp3) is 0.562. The minimum absolute atomic E-state index is 0.0687. The van der Waals surface area contributed by atoms with Gasteiger partial charge in [0.25, 0.3) is 0 Å². The van der Waals surface area contributed by atoms with Crippen molar-refractivity contribution >= 4 is 17.5 Å². The number of carbonyl (C=O) groups is 1. The van der Waals surface area contributed by atoms with Crippen LogP contribution in [0.4, 0.5) is 16.2 Å². The third-order valence-electron chi connectivity index (χ3n) is 4.56. The number of ether oxygens (including phenoxy) is 1. The molecule has 3 rings (SSSR count). The number of nitro benzene ring substituents is 2. The van der Waals surface area contributed by atoms with Crippen molar-refractivity contribution in [2.45, 2.75) is 44.6 Å². The number of benzene rings is 1. The van der Waals surface area contributed by atoms with E-state index in [9.17, 15) is 25.0 Å². The van der Waals surface area contributed by atoms with E-state index >= 15 is 0 Å². The molecule has 9 heteroatoms. The van der Waals surface area contributed by atoms with Gasteiger partial charge in [0, 0.05) is 37.1 Å². The van der Waals surface area contributed by atoms with Crippen molar-refractivity contribution < 1.29 is 19.4 Å². The molecule has 25 heavy (non-hydrogen) atoms. The van der Waals surface area contributed by atoms with E-state index in [1.165, 1.54) is 12.1 Å². The van der Waals surface area contributed by atoms with Crippen LogP contribution < -0.4 is 0 Å². The molecule has 1 aliphatic carbocycles. The third kappa shape index (κ3) is 3.13. The summed E-state index contributed by atoms with van der Waals surface area (Å²) in [5, 5.41) is 22.3. The molecule has 0 spiro atoms. The van der Waals surface area contributed by atoms with E-state index in [4.69, 9.17) is 4.74 Å². The number of piperidine rings is 1. The van der Waals surface area contributed by atoms with Gasteiger partial charge in [-0.05, 0) is 38.3 Å². The predicted molar refractivity (Wildman–Crippen MR) is 87.7 cm³/mol. The van der Waals surface area contributed by atoms with Crippen molar-refractivity contribution in [1.29, 1.82) is 0 Å². The SMILES string of the molecule is CC(C)(C)OC(=O)N1CC2CC(C1)c1cc([N+](=O)[O-])c([N+](=O)[O-])cc12. The lowest BCUT2D eigenvalue weighted by atomic mass is 9.96. The normalized spacial score (nSPS) is 21.6. The highest BCUT2D eigenvalue weighted by molar-refractivity contribution is 5.69. The number of hydrogen-bond acceptors (Lipinski definition) is 6. The number of carbonyl (C=O) groups excluding carboxylic acids is 1. The van der Waals surface area contributed by atoms with E-state index in [1.54, 1.807) is 25.7 Å². The fourth-order valence-electron chi connectivity index (χ4n) is 3.63. The van der Waals surface area contributed by atoms with Crippen LogP contribution in [0.5, 0.6) is 0 Å². The molecule has 2 aliphatic rings. The van der Waals surface area contributed by atoms with Crippen LogP contribution in [0.15, 0.2) is 12.1 Å². The number of hydrogen-bond donors (Lipinski definition) is 0. The average Bonchev–Trinajstić information content (AvgIpc) is 2.74. The molecular weight excluding hydrogens is 330 g/mol. The van der Waals surface area contributed by atoms with E-state index in [0.29, 0.717) is 13.1 Å². The maximum absolute atomic E-state index is 12.3. The van der Waals surface area contributed by atoms with Gasteiger partial charge in [0.2, 0.25) is 0 Å². The zero-order valence-corrected chi connectivity index (χ0v) is 14.2. The first kappa shape index (κ1) is 17.1. The zero-order chi connectivity index (χ0) is 18.5. The van der Waals surface area contributed by atoms with Crippen molar-refractivity contribution in [2.75, 3.05) is 13.1 Å². The van der Waals surface area contributed by atoms with Crippen LogP contribution >= 0.6 is 0 Å². The summed E-state index contributed by atoms with van der Waals surface area (Å²) in [6, 6.07) is 2.60. The maximum atomic E-state index is 12.3. The summed E-state index contributed by atoms with van der Waals surface area (Å²) in [7, 11) is 0. The lowest BCUT2D eigenvalue weighted by Crippen LogP contribution is -2.42. The van der Waals surface area contributed by atoms with Gasteiger partial charge in [0.05, 0.1) is 9.85 Å². The first-order chi connectivity index (χ1) is 11.6. The van der Waals surface area contributed by atoms with Gasteiger partial charge < -0.3 is 9.64 Å². The Morgan fingerprint density at radius 3 is 1.88 bits per heavy atom. The highest BCUT2D eigenvalue weighted by Gasteiger charge is 2.43. The average molecular weight is 349 g/mol. The molecule has 9 nitrogen and oxygen atoms in total. The molecular formula is C16H19N3O6. The number of rotatable bonds is 2. The van der Waals surface area contributed by atoms with Crippen LogP contribution in [0.3, 0.4) is 0 Å². The Balaban J connectivity index is 1.93. The van der Waals surface area contributed by atoms with Gasteiger partial charge in [0.15, 0.2) is 0 Å². The topological polar surface area (TPSA) is 116 Å². The predicted octanol–water partition coefficient (Wildman–Crippen LogP) is 3.32. The number of nitro groups is 2. The molecule has 0 N–H and O–H groups in total. The van der Waals surface area contributed by atoms with E-state index < -0.39 is 32.9 Å². The van der Waals surface area contributed by atoms with Crippen molar-refractivity contribution in [3.05, 3.63) is 43.5 Å². The molecule has 1 aromatic carbocycles. The second-order valence-corrected chi connectivity index (χ2v) is 7.50. The van der Waals surface area contributed by atoms with Gasteiger partial charge in [-0.3, -0.25) is 20.2 Å². The summed E-state index contributed by atoms with van der Waals surface area (Å²) in [5.41, 5.74) is -0.153. The van der Waals surface area contributed by atoms with Crippen LogP contribution in [0.2, 0.25) is 0 Å². The lowest BCUT2D eigenvalue weighted by molar-refractivity contribution is -0.422. The lowest BCUT2D eigenvalue weighted by Gasteiger charge is -2.33. The summed E-state index contributed by atoms with van der Waals surface area (Å²) in [4.78, 5) is 34.8. The summed E-state index contributed by atoms with van der Waals surface area (Å²) in [6.45, 7) is 6.14. The largest absolute Gasteiger partial charge is 0.444 e. The zero-order valence-electron chi connectivity index (χ0n) is 14.2. The first-order valence-electron chi connectivity index (χ1n) is 8.01. The fourth-order valence-corrected chi connectivity index (χ4v) is 3.63. The molecule has 1 heterocycles. The number of fused-ring (bicyclic) bond motifs is 5. The molecule has 0 saturated carbocycles. The molecule has 0 radical (unpaired) electrons. The number of amides is 1. The Bertz CT molecular complexity index is 721. The Morgan fingerprint density at radius 2 is 1.52 bits per heavy atom. The summed E-state index contributed by atoms with van der Waals surface area (Å²) >= 11 is 0. The van der Waals surface area contributed by atoms with Crippen molar-refractivity contribution in [3.8, 4) is 0 Å². The maximum Gasteiger partial charge on any atom is 0.410 e. The third-order valence-corrected chi connectivity index (χ3v) is 4.56. The molecule has 2 bridgehead atoms. The van der Waals surface area contributed by atoms with Gasteiger partial charge in [-0.2, -0.15) is 0 Å². The minimum Gasteiger partial charge on any atom is -0.444 e. The van der Waals surface area contributed by atoms with Crippen LogP contribution in [0.1, 0.15) is 50.2 Å². The molecule has 1 aliphatic heterocycles. The van der Waals surface area contributed by atoms with Gasteiger partial charge in [0.1, 0.15) is 5.60 Å². The molecule has 0 aromatic heterocycles. The van der Waals surface area contributed by atoms with E-state index in [1.807, 2.05) is 0 Å². The Morgan fingerprint density at radius 1 is 1.08 bits per heavy atom. The highest BCUT2D eigenvalue weighted by Crippen LogP contribution is 2.49. The molecule has 1 saturated heterocycles. The molecule has 1 fully saturated rings. The van der Waals surface area contributed by atoms with E-state index in [0.717, 1.165) is 17.5 Å². The van der Waals surface area contributed by atoms with E-state index in [-0.39, 0.29) is 11.8 Å². The number of nitrogens with zero attached hydrogens (tertiary/aromatic N) is 3. The Hall–Kier alpha value is -2.71. The van der Waals surface area contributed by atoms with Gasteiger partial charge in [-0.1, -0.05) is 0 Å². The first-order valence-corrected chi connectivity index (χ1v) is 8.01. The summed E-state index contributed by atoms with van der Waals surface area (Å²) < 4.78 is 5.39. The van der Waals surface area contributed by atoms with Crippen molar-refractivity contribution in [3.63, 3.8) is 0 Å². The quantitative estimate of drug-likeness (QED) is 0.597. The van der Waals surface area contributed by atoms with Crippen LogP contribution in [0, 0.1) is 20.2 Å². The van der Waals surface area contributed by atoms with Crippen molar-refractivity contribution in [2.24, 2.45) is 0 Å². The van der Waals surface area contributed by atoms with Gasteiger partial charge >= 0.3 is 17.5 Å². The summed E-state index contributed by atoms with van der Waals surface area (Å²) in [6.07, 6.45) is 0.298. The second-order valence-electron chi connectivity index (χ2n) is 7.50. The molecule has 134 valence electrons. The van der Waals surface area contributed by atoms with Gasteiger partial charge in [-0.15, -0.1) is 0 Å². The molecule has 2 atom stereocenters. The Kier molecular flexibility index (Phi) is 3.89. The van der Waals surface area contributed by atoms with Crippen LogP contribution in [0.25, 0.3) is 0 Å². The monoisotopic (exact) mass is 349 g/mol. The van der Waals surface area contributed by atoms with Crippen LogP contribution in [-0.4, -0.2) is 39.5 Å². The Labute approximate surface area is 143 Å². The standard InChI is InChI=1S/C16H19N3O6/c1-16(2,3)25-15(20)17-7-9-4-10(8-17)12-6-14(19(23)24)13(18(21)22)5-11(9)12/h5-6,9-10H,4,7-8H2,1-3H3. The summed E-state index contributed by atoms with van der Waals surface area (Å²) in [5.74, 6) is -0.137. The molecule has 1 aromatic rings. The second kappa shape index (κ2) is 5.68. The molecule has 1 amide bonds. The smallest absolute Gasteiger partial charge is 0.410 e. The number of likely N-dealkylation sites (tertiary alicyclic amines) is 1.